The highest BCUT2D eigenvalue weighted by molar-refractivity contribution is 5.86. The lowest BCUT2D eigenvalue weighted by atomic mass is 9.81. The third kappa shape index (κ3) is 5.65. The lowest BCUT2D eigenvalue weighted by Gasteiger charge is -2.22. The number of nitrogens with zero attached hydrogens (tertiary/aromatic N) is 2. The van der Waals surface area contributed by atoms with Gasteiger partial charge < -0.3 is 0 Å². The molecule has 51 heavy (non-hydrogen) atoms. The summed E-state index contributed by atoms with van der Waals surface area (Å²) >= 11 is 0. The third-order valence-corrected chi connectivity index (χ3v) is 10.3. The zero-order valence-corrected chi connectivity index (χ0v) is 28.7. The fraction of sp³-hybridized carbons (Fsp3) is 0.0612. The van der Waals surface area contributed by atoms with Crippen molar-refractivity contribution in [2.45, 2.75) is 19.3 Å². The summed E-state index contributed by atoms with van der Waals surface area (Å²) in [5.74, 6) is 0.699. The molecule has 1 aromatic heterocycles. The van der Waals surface area contributed by atoms with Crippen LogP contribution < -0.4 is 0 Å². The fourth-order valence-corrected chi connectivity index (χ4v) is 7.57. The summed E-state index contributed by atoms with van der Waals surface area (Å²) in [7, 11) is 0. The zero-order valence-electron chi connectivity index (χ0n) is 28.7. The Morgan fingerprint density at radius 2 is 0.784 bits per heavy atom. The quantitative estimate of drug-likeness (QED) is 0.179. The van der Waals surface area contributed by atoms with Crippen LogP contribution in [0.2, 0.25) is 0 Å². The lowest BCUT2D eigenvalue weighted by Crippen LogP contribution is -2.14. The van der Waals surface area contributed by atoms with E-state index in [1.54, 1.807) is 0 Å². The Hall–Kier alpha value is -6.38. The topological polar surface area (TPSA) is 25.8 Å². The van der Waals surface area contributed by atoms with Crippen LogP contribution in [0.5, 0.6) is 0 Å². The van der Waals surface area contributed by atoms with Gasteiger partial charge in [0.15, 0.2) is 5.82 Å². The smallest absolute Gasteiger partial charge is 0.160 e. The average molecular weight is 653 g/mol. The van der Waals surface area contributed by atoms with E-state index >= 15 is 0 Å². The first-order chi connectivity index (χ1) is 25.0. The molecule has 0 saturated carbocycles. The summed E-state index contributed by atoms with van der Waals surface area (Å²) < 4.78 is 0. The summed E-state index contributed by atoms with van der Waals surface area (Å²) in [6, 6.07) is 64.9. The summed E-state index contributed by atoms with van der Waals surface area (Å²) in [6.07, 6.45) is 0. The lowest BCUT2D eigenvalue weighted by molar-refractivity contribution is 0.660. The molecule has 0 bridgehead atoms. The molecule has 9 rings (SSSR count). The van der Waals surface area contributed by atoms with E-state index in [4.69, 9.17) is 9.97 Å². The minimum absolute atomic E-state index is 0.0852. The van der Waals surface area contributed by atoms with E-state index in [0.29, 0.717) is 5.82 Å². The molecule has 0 N–H and O–H groups in total. The summed E-state index contributed by atoms with van der Waals surface area (Å²) in [5, 5.41) is 0. The van der Waals surface area contributed by atoms with E-state index in [1.807, 2.05) is 6.07 Å². The first-order valence-electron chi connectivity index (χ1n) is 17.6. The van der Waals surface area contributed by atoms with Gasteiger partial charge in [0.1, 0.15) is 0 Å². The summed E-state index contributed by atoms with van der Waals surface area (Å²) in [5.41, 5.74) is 17.1. The minimum Gasteiger partial charge on any atom is -0.228 e. The Morgan fingerprint density at radius 1 is 0.314 bits per heavy atom. The van der Waals surface area contributed by atoms with Crippen molar-refractivity contribution in [3.05, 3.63) is 193 Å². The average Bonchev–Trinajstić information content (AvgIpc) is 3.44. The molecule has 7 aromatic carbocycles. The Kier molecular flexibility index (Phi) is 7.51. The van der Waals surface area contributed by atoms with Gasteiger partial charge in [-0.15, -0.1) is 0 Å². The predicted molar refractivity (Wildman–Crippen MR) is 212 cm³/mol. The minimum atomic E-state index is -0.0852. The van der Waals surface area contributed by atoms with Crippen molar-refractivity contribution >= 4 is 0 Å². The molecular formula is C49H36N2. The van der Waals surface area contributed by atoms with Gasteiger partial charge in [-0.25, -0.2) is 9.97 Å². The molecule has 1 aliphatic rings. The van der Waals surface area contributed by atoms with Crippen LogP contribution in [0.1, 0.15) is 25.0 Å². The Morgan fingerprint density at radius 3 is 1.49 bits per heavy atom. The maximum absolute atomic E-state index is 5.30. The molecule has 242 valence electrons. The van der Waals surface area contributed by atoms with Gasteiger partial charge in [-0.05, 0) is 92.0 Å². The summed E-state index contributed by atoms with van der Waals surface area (Å²) in [6.45, 7) is 4.68. The molecule has 2 heteroatoms. The van der Waals surface area contributed by atoms with Gasteiger partial charge in [0, 0.05) is 22.1 Å². The summed E-state index contributed by atoms with van der Waals surface area (Å²) in [4.78, 5) is 10.5. The highest BCUT2D eigenvalue weighted by Crippen LogP contribution is 2.49. The molecule has 1 heterocycles. The Labute approximate surface area is 299 Å². The second-order valence-corrected chi connectivity index (χ2v) is 13.9. The second-order valence-electron chi connectivity index (χ2n) is 13.9. The van der Waals surface area contributed by atoms with Crippen molar-refractivity contribution in [2.24, 2.45) is 0 Å². The molecule has 1 aliphatic carbocycles. The van der Waals surface area contributed by atoms with Crippen molar-refractivity contribution < 1.29 is 0 Å². The van der Waals surface area contributed by atoms with Crippen molar-refractivity contribution in [1.82, 2.24) is 9.97 Å². The SMILES string of the molecule is CC1(C)c2ccccc2-c2ccc(-c3cc(-c4ccccc4)cc(-c4nc(-c5ccccc5)cc(-c5cccc(-c6ccccc6)c5)n4)c3)cc21. The number of rotatable bonds is 6. The van der Waals surface area contributed by atoms with Crippen LogP contribution in [0.15, 0.2) is 182 Å². The van der Waals surface area contributed by atoms with E-state index in [1.165, 1.54) is 33.4 Å². The molecule has 0 spiro atoms. The van der Waals surface area contributed by atoms with Crippen LogP contribution >= 0.6 is 0 Å². The first kappa shape index (κ1) is 30.7. The molecule has 0 radical (unpaired) electrons. The van der Waals surface area contributed by atoms with Gasteiger partial charge in [-0.1, -0.05) is 159 Å². The van der Waals surface area contributed by atoms with Crippen LogP contribution in [0.4, 0.5) is 0 Å². The van der Waals surface area contributed by atoms with E-state index in [-0.39, 0.29) is 5.41 Å². The van der Waals surface area contributed by atoms with Crippen LogP contribution in [0, 0.1) is 0 Å². The predicted octanol–water partition coefficient (Wildman–Crippen LogP) is 12.8. The molecule has 8 aromatic rings. The number of hydrogen-bond acceptors (Lipinski definition) is 2. The Bertz CT molecular complexity index is 2530. The van der Waals surface area contributed by atoms with Gasteiger partial charge in [0.25, 0.3) is 0 Å². The fourth-order valence-electron chi connectivity index (χ4n) is 7.57. The number of aromatic nitrogens is 2. The van der Waals surface area contributed by atoms with Gasteiger partial charge in [0.2, 0.25) is 0 Å². The van der Waals surface area contributed by atoms with E-state index in [0.717, 1.165) is 50.3 Å². The monoisotopic (exact) mass is 652 g/mol. The van der Waals surface area contributed by atoms with E-state index in [2.05, 4.69) is 190 Å². The largest absolute Gasteiger partial charge is 0.228 e. The van der Waals surface area contributed by atoms with Gasteiger partial charge in [-0.2, -0.15) is 0 Å². The first-order valence-corrected chi connectivity index (χ1v) is 17.6. The zero-order chi connectivity index (χ0) is 34.4. The normalized spacial score (nSPS) is 12.7. The molecule has 0 amide bonds. The van der Waals surface area contributed by atoms with Crippen molar-refractivity contribution in [3.63, 3.8) is 0 Å². The number of hydrogen-bond donors (Lipinski definition) is 0. The molecule has 0 atom stereocenters. The van der Waals surface area contributed by atoms with Crippen LogP contribution in [-0.2, 0) is 5.41 Å². The Balaban J connectivity index is 1.23. The maximum Gasteiger partial charge on any atom is 0.160 e. The standard InChI is InChI=1S/C49H36N2/c1-49(2)44-24-13-12-23-42(44)43-26-25-37(31-45(43)49)40-28-39(34-17-8-4-9-18-34)29-41(30-40)48-50-46(35-19-10-5-11-20-35)32-47(51-48)38-22-14-21-36(27-38)33-15-6-3-7-16-33/h3-32H,1-2H3. The van der Waals surface area contributed by atoms with Gasteiger partial charge >= 0.3 is 0 Å². The van der Waals surface area contributed by atoms with Gasteiger partial charge in [-0.3, -0.25) is 0 Å². The van der Waals surface area contributed by atoms with Crippen molar-refractivity contribution in [3.8, 4) is 78.4 Å². The third-order valence-electron chi connectivity index (χ3n) is 10.3. The number of fused-ring (bicyclic) bond motifs is 3. The maximum atomic E-state index is 5.30. The van der Waals surface area contributed by atoms with Gasteiger partial charge in [0.05, 0.1) is 11.4 Å². The van der Waals surface area contributed by atoms with Crippen LogP contribution in [0.25, 0.3) is 78.4 Å². The molecule has 0 fully saturated rings. The number of benzene rings is 7. The highest BCUT2D eigenvalue weighted by atomic mass is 14.9. The van der Waals surface area contributed by atoms with Crippen molar-refractivity contribution in [2.75, 3.05) is 0 Å². The highest BCUT2D eigenvalue weighted by Gasteiger charge is 2.35. The molecule has 0 saturated heterocycles. The van der Waals surface area contributed by atoms with Crippen LogP contribution in [0.3, 0.4) is 0 Å². The van der Waals surface area contributed by atoms with E-state index in [9.17, 15) is 0 Å². The van der Waals surface area contributed by atoms with Crippen molar-refractivity contribution in [1.29, 1.82) is 0 Å². The molecular weight excluding hydrogens is 617 g/mol. The molecule has 0 aliphatic heterocycles. The second kappa shape index (κ2) is 12.5. The van der Waals surface area contributed by atoms with E-state index < -0.39 is 0 Å². The molecule has 0 unspecified atom stereocenters. The molecule has 2 nitrogen and oxygen atoms in total. The van der Waals surface area contributed by atoms with Crippen LogP contribution in [-0.4, -0.2) is 9.97 Å².